The number of para-hydroxylation sites is 2. The number of methoxy groups -OCH3 is 1. The lowest BCUT2D eigenvalue weighted by atomic mass is 10.3. The summed E-state index contributed by atoms with van der Waals surface area (Å²) in [6, 6.07) is 9.20. The van der Waals surface area contributed by atoms with Crippen LogP contribution in [0, 0.1) is 0 Å². The van der Waals surface area contributed by atoms with Gasteiger partial charge in [-0.2, -0.15) is 0 Å². The van der Waals surface area contributed by atoms with Crippen molar-refractivity contribution in [3.8, 4) is 11.5 Å². The molecule has 0 aliphatic carbocycles. The van der Waals surface area contributed by atoms with Gasteiger partial charge in [-0.25, -0.2) is 0 Å². The van der Waals surface area contributed by atoms with Gasteiger partial charge in [0.1, 0.15) is 6.61 Å². The Morgan fingerprint density at radius 1 is 1.29 bits per heavy atom. The zero-order valence-corrected chi connectivity index (χ0v) is 9.55. The number of rotatable bonds is 5. The summed E-state index contributed by atoms with van der Waals surface area (Å²) in [7, 11) is 1.60. The molecule has 1 heterocycles. The minimum Gasteiger partial charge on any atom is -0.493 e. The Balaban J connectivity index is 2.01. The van der Waals surface area contributed by atoms with Gasteiger partial charge in [-0.05, 0) is 12.1 Å². The lowest BCUT2D eigenvalue weighted by molar-refractivity contribution is 0.238. The van der Waals surface area contributed by atoms with Gasteiger partial charge in [-0.1, -0.05) is 17.3 Å². The molecule has 2 aromatic rings. The number of ether oxygens (including phenoxy) is 2. The fourth-order valence-corrected chi connectivity index (χ4v) is 1.41. The zero-order valence-electron chi connectivity index (χ0n) is 9.55. The average Bonchev–Trinajstić information content (AvgIpc) is 2.84. The van der Waals surface area contributed by atoms with E-state index in [1.165, 1.54) is 0 Å². The van der Waals surface area contributed by atoms with E-state index >= 15 is 0 Å². The van der Waals surface area contributed by atoms with Crippen LogP contribution in [0.1, 0.15) is 11.5 Å². The summed E-state index contributed by atoms with van der Waals surface area (Å²) in [5.41, 5.74) is 6.14. The Morgan fingerprint density at radius 3 is 2.71 bits per heavy atom. The second kappa shape index (κ2) is 5.36. The fourth-order valence-electron chi connectivity index (χ4n) is 1.41. The molecule has 0 saturated carbocycles. The quantitative estimate of drug-likeness (QED) is 0.852. The number of nitrogens with two attached hydrogens (primary N) is 1. The minimum atomic E-state index is 0.299. The van der Waals surface area contributed by atoms with Gasteiger partial charge in [0.2, 0.25) is 0 Å². The van der Waals surface area contributed by atoms with Gasteiger partial charge in [0, 0.05) is 12.6 Å². The first kappa shape index (κ1) is 11.5. The molecular weight excluding hydrogens is 220 g/mol. The molecule has 0 spiro atoms. The Labute approximate surface area is 99.1 Å². The molecule has 5 heteroatoms. The van der Waals surface area contributed by atoms with Crippen LogP contribution < -0.4 is 15.2 Å². The Kier molecular flexibility index (Phi) is 3.62. The van der Waals surface area contributed by atoms with Crippen molar-refractivity contribution in [2.24, 2.45) is 5.73 Å². The molecule has 0 unspecified atom stereocenters. The SMILES string of the molecule is COc1ccccc1OCc1cc(CN)no1. The van der Waals surface area contributed by atoms with Gasteiger partial charge in [0.05, 0.1) is 12.8 Å². The zero-order chi connectivity index (χ0) is 12.1. The predicted octanol–water partition coefficient (Wildman–Crippen LogP) is 1.72. The maximum Gasteiger partial charge on any atom is 0.174 e. The van der Waals surface area contributed by atoms with Crippen LogP contribution in [0.5, 0.6) is 11.5 Å². The van der Waals surface area contributed by atoms with Gasteiger partial charge in [-0.15, -0.1) is 0 Å². The van der Waals surface area contributed by atoms with E-state index < -0.39 is 0 Å². The molecule has 0 atom stereocenters. The molecule has 0 fully saturated rings. The normalized spacial score (nSPS) is 10.2. The van der Waals surface area contributed by atoms with Gasteiger partial charge in [0.15, 0.2) is 17.3 Å². The fraction of sp³-hybridized carbons (Fsp3) is 0.250. The molecule has 0 saturated heterocycles. The van der Waals surface area contributed by atoms with Crippen LogP contribution in [0.2, 0.25) is 0 Å². The highest BCUT2D eigenvalue weighted by atomic mass is 16.5. The number of benzene rings is 1. The van der Waals surface area contributed by atoms with Crippen molar-refractivity contribution in [3.05, 3.63) is 41.8 Å². The van der Waals surface area contributed by atoms with Crippen LogP contribution in [0.15, 0.2) is 34.9 Å². The summed E-state index contributed by atoms with van der Waals surface area (Å²) in [6.07, 6.45) is 0. The Bertz CT molecular complexity index is 482. The van der Waals surface area contributed by atoms with Crippen molar-refractivity contribution in [2.45, 2.75) is 13.2 Å². The summed E-state index contributed by atoms with van der Waals surface area (Å²) < 4.78 is 15.8. The predicted molar refractivity (Wildman–Crippen MR) is 61.7 cm³/mol. The third kappa shape index (κ3) is 2.76. The van der Waals surface area contributed by atoms with Crippen LogP contribution in [0.4, 0.5) is 0 Å². The van der Waals surface area contributed by atoms with Crippen LogP contribution in [-0.4, -0.2) is 12.3 Å². The monoisotopic (exact) mass is 234 g/mol. The topological polar surface area (TPSA) is 70.5 Å². The summed E-state index contributed by atoms with van der Waals surface area (Å²) in [5.74, 6) is 1.99. The molecule has 1 aromatic heterocycles. The van der Waals surface area contributed by atoms with E-state index in [0.717, 1.165) is 0 Å². The van der Waals surface area contributed by atoms with Crippen LogP contribution in [0.3, 0.4) is 0 Å². The molecule has 5 nitrogen and oxygen atoms in total. The highest BCUT2D eigenvalue weighted by Gasteiger charge is 2.06. The number of hydrogen-bond donors (Lipinski definition) is 1. The molecule has 0 radical (unpaired) electrons. The third-order valence-corrected chi connectivity index (χ3v) is 2.26. The highest BCUT2D eigenvalue weighted by molar-refractivity contribution is 5.39. The maximum atomic E-state index is 5.57. The molecule has 2 rings (SSSR count). The summed E-state index contributed by atoms with van der Waals surface area (Å²) in [4.78, 5) is 0. The van der Waals surface area contributed by atoms with E-state index in [-0.39, 0.29) is 0 Å². The molecule has 17 heavy (non-hydrogen) atoms. The van der Waals surface area contributed by atoms with Crippen molar-refractivity contribution >= 4 is 0 Å². The first-order valence-corrected chi connectivity index (χ1v) is 5.24. The van der Waals surface area contributed by atoms with E-state index in [1.807, 2.05) is 24.3 Å². The molecule has 0 aliphatic heterocycles. The molecule has 0 aliphatic rings. The van der Waals surface area contributed by atoms with Crippen molar-refractivity contribution in [1.29, 1.82) is 0 Å². The first-order valence-electron chi connectivity index (χ1n) is 5.24. The summed E-state index contributed by atoms with van der Waals surface area (Å²) in [5, 5.41) is 3.78. The minimum absolute atomic E-state index is 0.299. The molecule has 0 amide bonds. The Morgan fingerprint density at radius 2 is 2.06 bits per heavy atom. The second-order valence-electron chi connectivity index (χ2n) is 3.43. The second-order valence-corrected chi connectivity index (χ2v) is 3.43. The van der Waals surface area contributed by atoms with E-state index in [0.29, 0.717) is 36.1 Å². The molecule has 1 aromatic carbocycles. The van der Waals surface area contributed by atoms with E-state index in [9.17, 15) is 0 Å². The van der Waals surface area contributed by atoms with Crippen molar-refractivity contribution < 1.29 is 14.0 Å². The van der Waals surface area contributed by atoms with Crippen molar-refractivity contribution in [2.75, 3.05) is 7.11 Å². The lowest BCUT2D eigenvalue weighted by Crippen LogP contribution is -1.97. The molecule has 2 N–H and O–H groups in total. The van der Waals surface area contributed by atoms with Crippen LogP contribution in [-0.2, 0) is 13.2 Å². The molecule has 90 valence electrons. The number of nitrogens with zero attached hydrogens (tertiary/aromatic N) is 1. The smallest absolute Gasteiger partial charge is 0.174 e. The standard InChI is InChI=1S/C12H14N2O3/c1-15-11-4-2-3-5-12(11)16-8-10-6-9(7-13)14-17-10/h2-6H,7-8,13H2,1H3. The molecule has 0 bridgehead atoms. The van der Waals surface area contributed by atoms with E-state index in [4.69, 9.17) is 19.7 Å². The van der Waals surface area contributed by atoms with Crippen LogP contribution in [0.25, 0.3) is 0 Å². The largest absolute Gasteiger partial charge is 0.493 e. The number of aromatic nitrogens is 1. The highest BCUT2D eigenvalue weighted by Crippen LogP contribution is 2.26. The van der Waals surface area contributed by atoms with Gasteiger partial charge < -0.3 is 19.7 Å². The Hall–Kier alpha value is -2.01. The third-order valence-electron chi connectivity index (χ3n) is 2.26. The summed E-state index contributed by atoms with van der Waals surface area (Å²) in [6.45, 7) is 0.658. The summed E-state index contributed by atoms with van der Waals surface area (Å²) >= 11 is 0. The van der Waals surface area contributed by atoms with Crippen LogP contribution >= 0.6 is 0 Å². The van der Waals surface area contributed by atoms with Crippen molar-refractivity contribution in [1.82, 2.24) is 5.16 Å². The van der Waals surface area contributed by atoms with Gasteiger partial charge >= 0.3 is 0 Å². The lowest BCUT2D eigenvalue weighted by Gasteiger charge is -2.08. The first-order chi connectivity index (χ1) is 8.33. The van der Waals surface area contributed by atoms with Gasteiger partial charge in [0.25, 0.3) is 0 Å². The average molecular weight is 234 g/mol. The number of hydrogen-bond acceptors (Lipinski definition) is 5. The van der Waals surface area contributed by atoms with Crippen molar-refractivity contribution in [3.63, 3.8) is 0 Å². The molecular formula is C12H14N2O3. The van der Waals surface area contributed by atoms with E-state index in [1.54, 1.807) is 13.2 Å². The maximum absolute atomic E-state index is 5.57. The van der Waals surface area contributed by atoms with Gasteiger partial charge in [-0.3, -0.25) is 0 Å². The van der Waals surface area contributed by atoms with E-state index in [2.05, 4.69) is 5.16 Å².